The van der Waals surface area contributed by atoms with Gasteiger partial charge in [0.2, 0.25) is 0 Å². The van der Waals surface area contributed by atoms with Crippen molar-refractivity contribution in [2.75, 3.05) is 13.7 Å². The number of carbonyl (C=O) groups excluding carboxylic acids is 1. The van der Waals surface area contributed by atoms with Crippen LogP contribution in [-0.4, -0.2) is 25.7 Å². The Kier molecular flexibility index (Phi) is 3.62. The zero-order valence-corrected chi connectivity index (χ0v) is 9.50. The van der Waals surface area contributed by atoms with Gasteiger partial charge >= 0.3 is 5.97 Å². The summed E-state index contributed by atoms with van der Waals surface area (Å²) < 4.78 is 4.77. The first-order valence-corrected chi connectivity index (χ1v) is 6.12. The van der Waals surface area contributed by atoms with E-state index in [9.17, 15) is 4.79 Å². The zero-order chi connectivity index (χ0) is 10.7. The largest absolute Gasteiger partial charge is 0.468 e. The van der Waals surface area contributed by atoms with Gasteiger partial charge in [-0.25, -0.2) is 0 Å². The predicted octanol–water partition coefficient (Wildman–Crippen LogP) is 1.72. The topological polar surface area (TPSA) is 38.3 Å². The van der Waals surface area contributed by atoms with E-state index in [0.717, 1.165) is 18.9 Å². The summed E-state index contributed by atoms with van der Waals surface area (Å²) in [5.41, 5.74) is 0. The van der Waals surface area contributed by atoms with Gasteiger partial charge in [-0.2, -0.15) is 0 Å². The molecule has 1 N–H and O–H groups in total. The molecule has 1 saturated heterocycles. The molecule has 86 valence electrons. The molecule has 2 fully saturated rings. The second-order valence-corrected chi connectivity index (χ2v) is 4.88. The number of nitrogens with one attached hydrogen (secondary N) is 1. The van der Waals surface area contributed by atoms with Crippen LogP contribution in [0.2, 0.25) is 0 Å². The molecular formula is C12H21NO2. The van der Waals surface area contributed by atoms with Crippen molar-refractivity contribution in [3.8, 4) is 0 Å². The summed E-state index contributed by atoms with van der Waals surface area (Å²) in [6.45, 7) is 1.00. The van der Waals surface area contributed by atoms with Gasteiger partial charge in [-0.15, -0.1) is 0 Å². The number of carbonyl (C=O) groups is 1. The molecule has 0 amide bonds. The van der Waals surface area contributed by atoms with Gasteiger partial charge in [0.25, 0.3) is 0 Å². The minimum atomic E-state index is -0.0895. The van der Waals surface area contributed by atoms with E-state index in [1.54, 1.807) is 0 Å². The maximum Gasteiger partial charge on any atom is 0.322 e. The van der Waals surface area contributed by atoms with E-state index in [4.69, 9.17) is 4.74 Å². The smallest absolute Gasteiger partial charge is 0.322 e. The normalized spacial score (nSPS) is 32.9. The van der Waals surface area contributed by atoms with E-state index >= 15 is 0 Å². The van der Waals surface area contributed by atoms with E-state index in [0.29, 0.717) is 5.92 Å². The molecule has 15 heavy (non-hydrogen) atoms. The second-order valence-electron chi connectivity index (χ2n) is 4.88. The molecule has 2 rings (SSSR count). The van der Waals surface area contributed by atoms with Gasteiger partial charge in [0, 0.05) is 0 Å². The first-order chi connectivity index (χ1) is 7.31. The van der Waals surface area contributed by atoms with E-state index in [1.807, 2.05) is 0 Å². The maximum absolute atomic E-state index is 11.4. The molecule has 0 bridgehead atoms. The Bertz CT molecular complexity index is 224. The molecule has 0 aromatic carbocycles. The third-order valence-corrected chi connectivity index (χ3v) is 3.97. The van der Waals surface area contributed by atoms with Crippen molar-refractivity contribution in [1.29, 1.82) is 0 Å². The van der Waals surface area contributed by atoms with Gasteiger partial charge in [-0.3, -0.25) is 4.79 Å². The highest BCUT2D eigenvalue weighted by molar-refractivity contribution is 5.76. The molecule has 1 aliphatic carbocycles. The molecule has 0 radical (unpaired) electrons. The lowest BCUT2D eigenvalue weighted by Gasteiger charge is -2.26. The van der Waals surface area contributed by atoms with E-state index in [-0.39, 0.29) is 12.0 Å². The molecule has 2 atom stereocenters. The van der Waals surface area contributed by atoms with Crippen LogP contribution in [0.3, 0.4) is 0 Å². The number of ether oxygens (including phenoxy) is 1. The van der Waals surface area contributed by atoms with Gasteiger partial charge in [-0.05, 0) is 24.8 Å². The van der Waals surface area contributed by atoms with Crippen LogP contribution in [0.5, 0.6) is 0 Å². The van der Waals surface area contributed by atoms with Crippen molar-refractivity contribution >= 4 is 5.97 Å². The molecule has 1 heterocycles. The van der Waals surface area contributed by atoms with Crippen LogP contribution < -0.4 is 5.32 Å². The highest BCUT2D eigenvalue weighted by atomic mass is 16.5. The second kappa shape index (κ2) is 4.97. The van der Waals surface area contributed by atoms with Crippen molar-refractivity contribution in [3.63, 3.8) is 0 Å². The fraction of sp³-hybridized carbons (Fsp3) is 0.917. The van der Waals surface area contributed by atoms with Crippen molar-refractivity contribution in [1.82, 2.24) is 5.32 Å². The molecule has 0 spiro atoms. The summed E-state index contributed by atoms with van der Waals surface area (Å²) in [6, 6.07) is -0.0399. The lowest BCUT2D eigenvalue weighted by molar-refractivity contribution is -0.142. The predicted molar refractivity (Wildman–Crippen MR) is 58.5 cm³/mol. The molecule has 3 nitrogen and oxygen atoms in total. The Morgan fingerprint density at radius 1 is 1.20 bits per heavy atom. The monoisotopic (exact) mass is 211 g/mol. The van der Waals surface area contributed by atoms with Crippen molar-refractivity contribution in [3.05, 3.63) is 0 Å². The van der Waals surface area contributed by atoms with Gasteiger partial charge in [-0.1, -0.05) is 32.1 Å². The first-order valence-electron chi connectivity index (χ1n) is 6.12. The standard InChI is InChI=1S/C12H21NO2/c1-15-12(14)11-7-10(8-13-11)9-5-3-2-4-6-9/h9-11,13H,2-8H2,1H3/t10?,11-/m0/s1. The fourth-order valence-electron chi connectivity index (χ4n) is 3.05. The van der Waals surface area contributed by atoms with Crippen LogP contribution in [0.4, 0.5) is 0 Å². The molecule has 1 unspecified atom stereocenters. The Morgan fingerprint density at radius 3 is 2.60 bits per heavy atom. The Morgan fingerprint density at radius 2 is 1.93 bits per heavy atom. The third kappa shape index (κ3) is 2.51. The SMILES string of the molecule is COC(=O)[C@@H]1CC(C2CCCCC2)CN1. The highest BCUT2D eigenvalue weighted by Crippen LogP contribution is 2.34. The molecule has 1 aliphatic heterocycles. The zero-order valence-electron chi connectivity index (χ0n) is 9.50. The van der Waals surface area contributed by atoms with Crippen LogP contribution >= 0.6 is 0 Å². The molecule has 1 saturated carbocycles. The summed E-state index contributed by atoms with van der Waals surface area (Å²) in [4.78, 5) is 11.4. The quantitative estimate of drug-likeness (QED) is 0.707. The number of esters is 1. The van der Waals surface area contributed by atoms with Crippen molar-refractivity contribution < 1.29 is 9.53 Å². The van der Waals surface area contributed by atoms with E-state index in [2.05, 4.69) is 5.32 Å². The maximum atomic E-state index is 11.4. The van der Waals surface area contributed by atoms with Crippen LogP contribution in [0.15, 0.2) is 0 Å². The minimum absolute atomic E-state index is 0.0399. The molecule has 3 heteroatoms. The Balaban J connectivity index is 1.83. The van der Waals surface area contributed by atoms with Gasteiger partial charge < -0.3 is 10.1 Å². The Labute approximate surface area is 91.6 Å². The van der Waals surface area contributed by atoms with Gasteiger partial charge in [0.1, 0.15) is 6.04 Å². The Hall–Kier alpha value is -0.570. The van der Waals surface area contributed by atoms with Crippen molar-refractivity contribution in [2.24, 2.45) is 11.8 Å². The van der Waals surface area contributed by atoms with Crippen molar-refractivity contribution in [2.45, 2.75) is 44.6 Å². The first kappa shape index (κ1) is 10.9. The highest BCUT2D eigenvalue weighted by Gasteiger charge is 2.34. The number of rotatable bonds is 2. The third-order valence-electron chi connectivity index (χ3n) is 3.97. The summed E-state index contributed by atoms with van der Waals surface area (Å²) in [6.07, 6.45) is 7.86. The molecule has 0 aromatic heterocycles. The number of hydrogen-bond donors (Lipinski definition) is 1. The average Bonchev–Trinajstić information content (AvgIpc) is 2.78. The lowest BCUT2D eigenvalue weighted by atomic mass is 9.79. The fourth-order valence-corrected chi connectivity index (χ4v) is 3.05. The molecule has 0 aromatic rings. The van der Waals surface area contributed by atoms with Gasteiger partial charge in [0.15, 0.2) is 0 Å². The van der Waals surface area contributed by atoms with Crippen LogP contribution in [0.25, 0.3) is 0 Å². The number of methoxy groups -OCH3 is 1. The van der Waals surface area contributed by atoms with E-state index < -0.39 is 0 Å². The van der Waals surface area contributed by atoms with Crippen LogP contribution in [-0.2, 0) is 9.53 Å². The summed E-state index contributed by atoms with van der Waals surface area (Å²) in [5.74, 6) is 1.46. The summed E-state index contributed by atoms with van der Waals surface area (Å²) in [7, 11) is 1.47. The minimum Gasteiger partial charge on any atom is -0.468 e. The van der Waals surface area contributed by atoms with Crippen LogP contribution in [0.1, 0.15) is 38.5 Å². The summed E-state index contributed by atoms with van der Waals surface area (Å²) in [5, 5.41) is 3.28. The molecular weight excluding hydrogens is 190 g/mol. The average molecular weight is 211 g/mol. The molecule has 2 aliphatic rings. The lowest BCUT2D eigenvalue weighted by Crippen LogP contribution is -2.31. The van der Waals surface area contributed by atoms with E-state index in [1.165, 1.54) is 39.2 Å². The van der Waals surface area contributed by atoms with Gasteiger partial charge in [0.05, 0.1) is 7.11 Å². The van der Waals surface area contributed by atoms with Crippen LogP contribution in [0, 0.1) is 11.8 Å². The number of hydrogen-bond acceptors (Lipinski definition) is 3. The summed E-state index contributed by atoms with van der Waals surface area (Å²) >= 11 is 0.